The number of hydrogen-bond donors (Lipinski definition) is 0. The summed E-state index contributed by atoms with van der Waals surface area (Å²) in [6, 6.07) is 108. The van der Waals surface area contributed by atoms with E-state index in [4.69, 9.17) is 9.47 Å². The summed E-state index contributed by atoms with van der Waals surface area (Å²) in [6.45, 7) is -0.000585. The van der Waals surface area contributed by atoms with Crippen LogP contribution in [0.2, 0.25) is 0 Å². The Bertz CT molecular complexity index is 9090. The Morgan fingerprint density at radius 1 is 0.185 bits per heavy atom. The maximum Gasteiger partial charge on any atom is 0.266 e. The molecule has 0 bridgehead atoms. The molecule has 0 aromatic heterocycles. The number of hydrogen-bond acceptors (Lipinski definition) is 14. The zero-order valence-corrected chi connectivity index (χ0v) is 77.0. The molecule has 6 aliphatic rings. The second-order valence-electron chi connectivity index (χ2n) is 38.2. The van der Waals surface area contributed by atoms with E-state index in [1.807, 2.05) is 194 Å². The number of para-hydroxylation sites is 2. The van der Waals surface area contributed by atoms with Crippen LogP contribution in [0.4, 0.5) is 11.4 Å². The molecule has 0 aliphatic carbocycles. The number of anilines is 2. The van der Waals surface area contributed by atoms with E-state index in [2.05, 4.69) is 0 Å². The van der Waals surface area contributed by atoms with Crippen molar-refractivity contribution in [2.24, 2.45) is 0 Å². The average molecular weight is 1890 g/mol. The molecule has 20 nitrogen and oxygen atoms in total. The van der Waals surface area contributed by atoms with Gasteiger partial charge in [0.15, 0.2) is 0 Å². The standard InChI is InChI=1S/C126H70N6O14/c133-115-85-49-39-75-79-43-53-89-105-90(122(140)131(121(89)139)113(67-19-7-1-8-20-67)68-21-9-2-10-22-68)54-44-80(101(79)105)76-40-50-86(103(85)99(75)76)116(134)127(115)61-59-65-31-35-73(36-32-65)145-97-63-95-107-93(119(137)129(125(95)143)71-27-15-5-16-28-71)58-48-84-110-98(64-96-108-94(57-47-83(112(108)110)109(97)111(84)107)120(138)130(126(96)144)72-29-17-6-18-30-72)146-74-37-33-66(34-38-74)60-62-128-117(135)87-51-41-77-81-45-55-91-106-92(56-46-82(102(81)106)78-42-52-88(118(128)136)104(87)100(77)78)124(142)132(123(91)141)114(69-23-11-3-12-24-69)70-25-13-4-14-26-70/h1-58,63-64,113-114H,59-62H2. The molecule has 20 heteroatoms. The van der Waals surface area contributed by atoms with Crippen molar-refractivity contribution in [1.82, 2.24) is 19.6 Å². The summed E-state index contributed by atoms with van der Waals surface area (Å²) in [5.41, 5.74) is 8.99. The molecule has 6 aliphatic heterocycles. The van der Waals surface area contributed by atoms with Crippen molar-refractivity contribution < 1.29 is 67.0 Å². The zero-order chi connectivity index (χ0) is 97.9. The van der Waals surface area contributed by atoms with E-state index in [1.54, 1.807) is 170 Å². The van der Waals surface area contributed by atoms with E-state index in [0.717, 1.165) is 108 Å². The van der Waals surface area contributed by atoms with Gasteiger partial charge < -0.3 is 9.47 Å². The van der Waals surface area contributed by atoms with Crippen LogP contribution in [0.25, 0.3) is 129 Å². The number of carbonyl (C=O) groups excluding carboxylic acids is 12. The molecular weight excluding hydrogens is 1820 g/mol. The minimum Gasteiger partial charge on any atom is -0.457 e. The fraction of sp³-hybridized carbons (Fsp3) is 0.0476. The lowest BCUT2D eigenvalue weighted by molar-refractivity contribution is 0.0548. The van der Waals surface area contributed by atoms with Crippen LogP contribution in [0.5, 0.6) is 23.0 Å². The van der Waals surface area contributed by atoms with Crippen LogP contribution in [-0.4, -0.2) is 104 Å². The van der Waals surface area contributed by atoms with E-state index >= 15 is 57.5 Å². The van der Waals surface area contributed by atoms with Gasteiger partial charge in [-0.1, -0.05) is 243 Å². The third-order valence-corrected chi connectivity index (χ3v) is 30.8. The van der Waals surface area contributed by atoms with Gasteiger partial charge in [-0.15, -0.1) is 0 Å². The average Bonchev–Trinajstić information content (AvgIpc) is 0.676. The lowest BCUT2D eigenvalue weighted by Crippen LogP contribution is -2.43. The minimum atomic E-state index is -0.705. The van der Waals surface area contributed by atoms with Crippen LogP contribution in [0.15, 0.2) is 364 Å². The van der Waals surface area contributed by atoms with Crippen LogP contribution >= 0.6 is 0 Å². The molecule has 6 heterocycles. The van der Waals surface area contributed by atoms with Crippen LogP contribution in [-0.2, 0) is 12.8 Å². The SMILES string of the molecule is O=C1c2ccc3c4ccc5c6c(ccc(c7ccc(c2c37)C(=O)N1CCc1ccc(Oc2cc3c7c(ccc8c9c(Oc%10ccc(CCN%11C(=O)c%12ccc%13c%14ccc%15c%16c(ccc(c%17ccc(c%12c%13%17)C%11=O)c%16%14)C(=O)N(C(c%11ccccc%11)c%11ccccc%11)C%15=O)cc%10)cc%10c%11c(ccc(c2c78)c%119)C(=O)N(c2ccccc2)C%10=O)C(=O)N(c2ccccc2)C3=O)cc1)c64)C(=O)N(C(c1ccccc1)c1ccccc1)C5=O. The van der Waals surface area contributed by atoms with Crippen molar-refractivity contribution >= 4 is 212 Å². The van der Waals surface area contributed by atoms with Crippen molar-refractivity contribution in [2.45, 2.75) is 24.9 Å². The van der Waals surface area contributed by atoms with Crippen LogP contribution in [0.1, 0.15) is 170 Å². The molecule has 0 radical (unpaired) electrons. The minimum absolute atomic E-state index is 0.000292. The molecule has 688 valence electrons. The zero-order valence-electron chi connectivity index (χ0n) is 77.0. The van der Waals surface area contributed by atoms with E-state index in [1.165, 1.54) is 19.6 Å². The van der Waals surface area contributed by atoms with E-state index in [-0.39, 0.29) is 59.7 Å². The quantitative estimate of drug-likeness (QED) is 0.0441. The van der Waals surface area contributed by atoms with Crippen LogP contribution < -0.4 is 19.3 Å². The molecule has 0 saturated carbocycles. The Morgan fingerprint density at radius 2 is 0.404 bits per heavy atom. The van der Waals surface area contributed by atoms with Gasteiger partial charge in [0, 0.05) is 123 Å². The van der Waals surface area contributed by atoms with Crippen molar-refractivity contribution in [1.29, 1.82) is 0 Å². The van der Waals surface area contributed by atoms with Gasteiger partial charge in [-0.3, -0.25) is 77.1 Å². The summed E-state index contributed by atoms with van der Waals surface area (Å²) >= 11 is 0. The highest BCUT2D eigenvalue weighted by atomic mass is 16.5. The second kappa shape index (κ2) is 31.0. The Hall–Kier alpha value is -19.6. The van der Waals surface area contributed by atoms with E-state index in [0.29, 0.717) is 132 Å². The molecule has 0 atom stereocenters. The normalized spacial score (nSPS) is 14.6. The molecule has 0 fully saturated rings. The van der Waals surface area contributed by atoms with Gasteiger partial charge in [-0.05, 0) is 243 Å². The summed E-state index contributed by atoms with van der Waals surface area (Å²) in [7, 11) is 0. The first-order valence-electron chi connectivity index (χ1n) is 48.3. The Labute approximate surface area is 827 Å². The van der Waals surface area contributed by atoms with Crippen LogP contribution in [0.3, 0.4) is 0 Å². The van der Waals surface area contributed by atoms with E-state index < -0.39 is 83.0 Å². The highest BCUT2D eigenvalue weighted by molar-refractivity contribution is 6.49. The van der Waals surface area contributed by atoms with Gasteiger partial charge in [0.2, 0.25) is 0 Å². The Morgan fingerprint density at radius 3 is 0.664 bits per heavy atom. The molecule has 0 spiro atoms. The lowest BCUT2D eigenvalue weighted by atomic mass is 9.81. The first-order chi connectivity index (χ1) is 71.5. The molecule has 23 aromatic rings. The molecular formula is C126H70N6O14. The number of ether oxygens (including phenoxy) is 2. The maximum atomic E-state index is 15.6. The third-order valence-electron chi connectivity index (χ3n) is 30.8. The largest absolute Gasteiger partial charge is 0.457 e. The van der Waals surface area contributed by atoms with E-state index in [9.17, 15) is 0 Å². The first kappa shape index (κ1) is 83.4. The Kier molecular flexibility index (Phi) is 17.7. The predicted octanol–water partition coefficient (Wildman–Crippen LogP) is 25.5. The van der Waals surface area contributed by atoms with Crippen molar-refractivity contribution in [3.63, 3.8) is 0 Å². The van der Waals surface area contributed by atoms with Crippen molar-refractivity contribution in [3.8, 4) is 23.0 Å². The molecule has 0 saturated heterocycles. The van der Waals surface area contributed by atoms with Gasteiger partial charge in [0.05, 0.1) is 34.6 Å². The number of imide groups is 6. The predicted molar refractivity (Wildman–Crippen MR) is 560 cm³/mol. The van der Waals surface area contributed by atoms with Gasteiger partial charge in [-0.2, -0.15) is 0 Å². The number of benzene rings is 23. The topological polar surface area (TPSA) is 243 Å². The summed E-state index contributed by atoms with van der Waals surface area (Å²) in [5, 5.41) is 14.6. The molecule has 0 unspecified atom stereocenters. The second-order valence-corrected chi connectivity index (χ2v) is 38.2. The summed E-state index contributed by atoms with van der Waals surface area (Å²) < 4.78 is 14.3. The van der Waals surface area contributed by atoms with Gasteiger partial charge in [-0.25, -0.2) is 9.80 Å². The number of carbonyl (C=O) groups is 12. The molecule has 0 N–H and O–H groups in total. The highest BCUT2D eigenvalue weighted by Gasteiger charge is 2.47. The first-order valence-corrected chi connectivity index (χ1v) is 48.3. The molecule has 29 rings (SSSR count). The maximum absolute atomic E-state index is 15.6. The fourth-order valence-corrected chi connectivity index (χ4v) is 24.4. The number of fused-ring (bicyclic) bond motifs is 6. The highest BCUT2D eigenvalue weighted by Crippen LogP contribution is 2.57. The fourth-order valence-electron chi connectivity index (χ4n) is 24.4. The number of rotatable bonds is 18. The number of amides is 12. The van der Waals surface area contributed by atoms with Gasteiger partial charge in [0.25, 0.3) is 70.9 Å². The van der Waals surface area contributed by atoms with Gasteiger partial charge >= 0.3 is 0 Å². The molecule has 12 amide bonds. The Balaban J connectivity index is 0.481. The summed E-state index contributed by atoms with van der Waals surface area (Å²) in [5.74, 6) is -4.95. The smallest absolute Gasteiger partial charge is 0.266 e. The number of nitrogens with zero attached hydrogens (tertiary/aromatic N) is 6. The van der Waals surface area contributed by atoms with Crippen LogP contribution in [0, 0.1) is 0 Å². The summed E-state index contributed by atoms with van der Waals surface area (Å²) in [6.07, 6.45) is 0.464. The molecule has 146 heavy (non-hydrogen) atoms. The third kappa shape index (κ3) is 11.6. The van der Waals surface area contributed by atoms with Crippen molar-refractivity contribution in [2.75, 3.05) is 22.9 Å². The summed E-state index contributed by atoms with van der Waals surface area (Å²) in [4.78, 5) is 190. The van der Waals surface area contributed by atoms with Gasteiger partial charge in [0.1, 0.15) is 23.0 Å². The monoisotopic (exact) mass is 1890 g/mol. The molecule has 23 aromatic carbocycles. The van der Waals surface area contributed by atoms with Crippen molar-refractivity contribution in [3.05, 3.63) is 464 Å². The lowest BCUT2D eigenvalue weighted by Gasteiger charge is -2.35.